The van der Waals surface area contributed by atoms with E-state index in [1.165, 1.54) is 0 Å². The monoisotopic (exact) mass is 543 g/mol. The second-order valence-corrected chi connectivity index (χ2v) is 11.1. The number of fused-ring (bicyclic) bond motifs is 2. The zero-order valence-corrected chi connectivity index (χ0v) is 23.3. The molecule has 0 aliphatic carbocycles. The van der Waals surface area contributed by atoms with Gasteiger partial charge in [-0.05, 0) is 61.3 Å². The van der Waals surface area contributed by atoms with Crippen molar-refractivity contribution in [2.45, 2.75) is 45.3 Å². The topological polar surface area (TPSA) is 125 Å². The Labute approximate surface area is 233 Å². The predicted octanol–water partition coefficient (Wildman–Crippen LogP) is 2.77. The Bertz CT molecular complexity index is 1540. The zero-order chi connectivity index (χ0) is 28.0. The van der Waals surface area contributed by atoms with Crippen molar-refractivity contribution in [1.29, 1.82) is 0 Å². The highest BCUT2D eigenvalue weighted by atomic mass is 16.3. The molecule has 4 N–H and O–H groups in total. The van der Waals surface area contributed by atoms with Crippen LogP contribution in [-0.2, 0) is 24.2 Å². The number of nitrogens with one attached hydrogen (secondary N) is 2. The molecular formula is C30H37N7O3. The summed E-state index contributed by atoms with van der Waals surface area (Å²) in [6, 6.07) is 11.6. The number of aliphatic hydroxyl groups excluding tert-OH is 1. The lowest BCUT2D eigenvalue weighted by atomic mass is 9.97. The molecule has 1 fully saturated rings. The SMILES string of the molecule is CCc1cc(O)ccc1-c1ccc2c(-c3nc4c([nH]3)CN(C)[C@H](C(=O)N3CCN(CCO)C[C@H]3C)C4)n[nH]c2c1. The van der Waals surface area contributed by atoms with Crippen molar-refractivity contribution in [2.75, 3.05) is 39.8 Å². The summed E-state index contributed by atoms with van der Waals surface area (Å²) in [5.74, 6) is 1.12. The molecular weight excluding hydrogens is 506 g/mol. The van der Waals surface area contributed by atoms with E-state index in [2.05, 4.69) is 57.0 Å². The lowest BCUT2D eigenvalue weighted by molar-refractivity contribution is -0.141. The number of H-pyrrole nitrogens is 2. The van der Waals surface area contributed by atoms with Crippen molar-refractivity contribution in [3.8, 4) is 28.4 Å². The second-order valence-electron chi connectivity index (χ2n) is 11.1. The number of phenols is 1. The number of aromatic amines is 2. The van der Waals surface area contributed by atoms with Gasteiger partial charge in [-0.1, -0.05) is 19.1 Å². The van der Waals surface area contributed by atoms with E-state index < -0.39 is 0 Å². The van der Waals surface area contributed by atoms with Crippen LogP contribution in [0.15, 0.2) is 36.4 Å². The van der Waals surface area contributed by atoms with Crippen molar-refractivity contribution in [1.82, 2.24) is 34.9 Å². The predicted molar refractivity (Wildman–Crippen MR) is 154 cm³/mol. The van der Waals surface area contributed by atoms with E-state index in [0.29, 0.717) is 31.9 Å². The smallest absolute Gasteiger partial charge is 0.240 e. The molecule has 10 nitrogen and oxygen atoms in total. The summed E-state index contributed by atoms with van der Waals surface area (Å²) in [5.41, 5.74) is 6.86. The summed E-state index contributed by atoms with van der Waals surface area (Å²) in [6.07, 6.45) is 1.38. The molecule has 210 valence electrons. The van der Waals surface area contributed by atoms with E-state index in [-0.39, 0.29) is 30.3 Å². The number of piperazine rings is 1. The van der Waals surface area contributed by atoms with Gasteiger partial charge < -0.3 is 20.1 Å². The number of phenolic OH excluding ortho intramolecular Hbond substituents is 1. The minimum Gasteiger partial charge on any atom is -0.508 e. The van der Waals surface area contributed by atoms with Gasteiger partial charge in [-0.2, -0.15) is 5.10 Å². The fraction of sp³-hybridized carbons (Fsp3) is 0.433. The van der Waals surface area contributed by atoms with Crippen LogP contribution in [0, 0.1) is 0 Å². The third kappa shape index (κ3) is 4.76. The molecule has 0 radical (unpaired) electrons. The number of nitrogens with zero attached hydrogens (tertiary/aromatic N) is 5. The maximum Gasteiger partial charge on any atom is 0.240 e. The van der Waals surface area contributed by atoms with Gasteiger partial charge in [0.2, 0.25) is 5.91 Å². The molecule has 4 aromatic rings. The summed E-state index contributed by atoms with van der Waals surface area (Å²) in [6.45, 7) is 7.81. The molecule has 2 aliphatic heterocycles. The minimum atomic E-state index is -0.257. The van der Waals surface area contributed by atoms with Crippen LogP contribution < -0.4 is 0 Å². The summed E-state index contributed by atoms with van der Waals surface area (Å²) in [4.78, 5) is 28.3. The van der Waals surface area contributed by atoms with Gasteiger partial charge in [0.25, 0.3) is 0 Å². The number of benzene rings is 2. The van der Waals surface area contributed by atoms with Crippen LogP contribution in [0.1, 0.15) is 30.8 Å². The van der Waals surface area contributed by atoms with Crippen LogP contribution >= 0.6 is 0 Å². The fourth-order valence-corrected chi connectivity index (χ4v) is 6.25. The Morgan fingerprint density at radius 3 is 2.80 bits per heavy atom. The third-order valence-electron chi connectivity index (χ3n) is 8.45. The molecule has 10 heteroatoms. The van der Waals surface area contributed by atoms with E-state index in [1.54, 1.807) is 6.07 Å². The molecule has 2 aromatic heterocycles. The number of carbonyl (C=O) groups excluding carboxylic acids is 1. The van der Waals surface area contributed by atoms with Crippen molar-refractivity contribution in [2.24, 2.45) is 0 Å². The van der Waals surface area contributed by atoms with E-state index in [4.69, 9.17) is 4.98 Å². The number of rotatable bonds is 6. The van der Waals surface area contributed by atoms with Crippen LogP contribution in [0.25, 0.3) is 33.5 Å². The van der Waals surface area contributed by atoms with Gasteiger partial charge in [-0.15, -0.1) is 0 Å². The summed E-state index contributed by atoms with van der Waals surface area (Å²) in [7, 11) is 2.00. The Morgan fingerprint density at radius 2 is 2.02 bits per heavy atom. The molecule has 0 spiro atoms. The maximum absolute atomic E-state index is 13.6. The average Bonchev–Trinajstić information content (AvgIpc) is 3.55. The minimum absolute atomic E-state index is 0.104. The molecule has 6 rings (SSSR count). The highest BCUT2D eigenvalue weighted by Crippen LogP contribution is 2.33. The summed E-state index contributed by atoms with van der Waals surface area (Å²) in [5, 5.41) is 27.9. The number of hydrogen-bond donors (Lipinski definition) is 4. The first kappa shape index (κ1) is 26.5. The Morgan fingerprint density at radius 1 is 1.18 bits per heavy atom. The number of aryl methyl sites for hydroxylation is 1. The molecule has 0 saturated carbocycles. The zero-order valence-electron chi connectivity index (χ0n) is 23.3. The first-order valence-electron chi connectivity index (χ1n) is 14.1. The Hall–Kier alpha value is -3.73. The Kier molecular flexibility index (Phi) is 7.07. The lowest BCUT2D eigenvalue weighted by Gasteiger charge is -2.43. The van der Waals surface area contributed by atoms with Crippen molar-refractivity contribution < 1.29 is 15.0 Å². The van der Waals surface area contributed by atoms with E-state index in [9.17, 15) is 15.0 Å². The van der Waals surface area contributed by atoms with E-state index >= 15 is 0 Å². The van der Waals surface area contributed by atoms with Crippen LogP contribution in [0.2, 0.25) is 0 Å². The van der Waals surface area contributed by atoms with Crippen molar-refractivity contribution in [3.05, 3.63) is 53.3 Å². The highest BCUT2D eigenvalue weighted by molar-refractivity contribution is 5.94. The van der Waals surface area contributed by atoms with E-state index in [1.807, 2.05) is 24.1 Å². The molecule has 0 bridgehead atoms. The van der Waals surface area contributed by atoms with Gasteiger partial charge in [0, 0.05) is 50.6 Å². The first-order valence-corrected chi connectivity index (χ1v) is 14.1. The number of carbonyl (C=O) groups is 1. The maximum atomic E-state index is 13.6. The number of likely N-dealkylation sites (N-methyl/N-ethyl adjacent to an activating group) is 1. The van der Waals surface area contributed by atoms with Gasteiger partial charge >= 0.3 is 0 Å². The van der Waals surface area contributed by atoms with E-state index in [0.717, 1.165) is 64.2 Å². The van der Waals surface area contributed by atoms with Crippen LogP contribution in [0.3, 0.4) is 0 Å². The molecule has 1 saturated heterocycles. The molecule has 2 atom stereocenters. The van der Waals surface area contributed by atoms with Gasteiger partial charge in [-0.25, -0.2) is 4.98 Å². The fourth-order valence-electron chi connectivity index (χ4n) is 6.25. The second kappa shape index (κ2) is 10.7. The number of aromatic hydroxyl groups is 1. The molecule has 40 heavy (non-hydrogen) atoms. The van der Waals surface area contributed by atoms with Gasteiger partial charge in [0.05, 0.1) is 29.6 Å². The number of β-amino-alcohol motifs (C(OH)–C–C–N with tert-alkyl or cyclic N) is 1. The highest BCUT2D eigenvalue weighted by Gasteiger charge is 2.37. The largest absolute Gasteiger partial charge is 0.508 e. The quantitative estimate of drug-likeness (QED) is 0.295. The van der Waals surface area contributed by atoms with Crippen molar-refractivity contribution >= 4 is 16.8 Å². The average molecular weight is 544 g/mol. The van der Waals surface area contributed by atoms with Crippen LogP contribution in [0.5, 0.6) is 5.75 Å². The molecule has 2 aromatic carbocycles. The number of aliphatic hydroxyl groups is 1. The van der Waals surface area contributed by atoms with Crippen LogP contribution in [0.4, 0.5) is 0 Å². The van der Waals surface area contributed by atoms with Crippen molar-refractivity contribution in [3.63, 3.8) is 0 Å². The number of imidazole rings is 1. The normalized spacial score (nSPS) is 20.2. The summed E-state index contributed by atoms with van der Waals surface area (Å²) >= 11 is 0. The summed E-state index contributed by atoms with van der Waals surface area (Å²) < 4.78 is 0. The van der Waals surface area contributed by atoms with Crippen LogP contribution in [-0.4, -0.2) is 103 Å². The number of amides is 1. The molecule has 0 unspecified atom stereocenters. The van der Waals surface area contributed by atoms with Gasteiger partial charge in [-0.3, -0.25) is 19.7 Å². The third-order valence-corrected chi connectivity index (χ3v) is 8.45. The lowest BCUT2D eigenvalue weighted by Crippen LogP contribution is -2.59. The number of hydrogen-bond acceptors (Lipinski definition) is 7. The standard InChI is InChI=1S/C30H37N7O3/c1-4-19-13-21(39)6-8-22(19)20-5-7-23-24(14-20)33-34-28(23)29-31-25-15-27(35(3)17-26(25)32-29)30(40)37-10-9-36(11-12-38)16-18(37)2/h5-8,13-14,18,27,38-39H,4,9-12,15-17H2,1-3H3,(H,31,32)(H,33,34)/t18-,27+/m1/s1. The molecule has 4 heterocycles. The Balaban J connectivity index is 1.23. The van der Waals surface area contributed by atoms with Gasteiger partial charge in [0.1, 0.15) is 11.4 Å². The molecule has 2 aliphatic rings. The first-order chi connectivity index (χ1) is 19.4. The molecule has 1 amide bonds. The number of aromatic nitrogens is 4. The van der Waals surface area contributed by atoms with Gasteiger partial charge in [0.15, 0.2) is 5.82 Å².